The van der Waals surface area contributed by atoms with Gasteiger partial charge >= 0.3 is 0 Å². The van der Waals surface area contributed by atoms with Gasteiger partial charge in [-0.3, -0.25) is 0 Å². The summed E-state index contributed by atoms with van der Waals surface area (Å²) in [6, 6.07) is 17.3. The van der Waals surface area contributed by atoms with E-state index in [4.69, 9.17) is 4.74 Å². The van der Waals surface area contributed by atoms with Crippen LogP contribution in [0, 0.1) is 0 Å². The summed E-state index contributed by atoms with van der Waals surface area (Å²) in [5.41, 5.74) is 4.02. The number of rotatable bonds is 5. The average Bonchev–Trinajstić information content (AvgIpc) is 2.69. The van der Waals surface area contributed by atoms with Gasteiger partial charge in [-0.05, 0) is 49.8 Å². The second kappa shape index (κ2) is 7.32. The van der Waals surface area contributed by atoms with Gasteiger partial charge in [-0.15, -0.1) is 11.8 Å². The summed E-state index contributed by atoms with van der Waals surface area (Å²) in [5.74, 6) is 1.02. The van der Waals surface area contributed by atoms with Crippen LogP contribution in [0.1, 0.15) is 29.2 Å². The molecule has 0 amide bonds. The fraction of sp³-hybridized carbons (Fsp3) is 0.368. The van der Waals surface area contributed by atoms with Gasteiger partial charge in [0.25, 0.3) is 0 Å². The summed E-state index contributed by atoms with van der Waals surface area (Å²) in [5, 5.41) is 0. The Hall–Kier alpha value is -1.29. The van der Waals surface area contributed by atoms with E-state index >= 15 is 0 Å². The second-order valence-corrected chi connectivity index (χ2v) is 6.95. The lowest BCUT2D eigenvalue weighted by atomic mass is 9.97. The molecule has 0 saturated heterocycles. The lowest BCUT2D eigenvalue weighted by Crippen LogP contribution is -2.16. The molecule has 2 nitrogen and oxygen atoms in total. The molecule has 1 unspecified atom stereocenters. The molecule has 2 aromatic rings. The van der Waals surface area contributed by atoms with Crippen LogP contribution in [0.25, 0.3) is 0 Å². The van der Waals surface area contributed by atoms with Crippen LogP contribution in [0.4, 0.5) is 0 Å². The predicted molar refractivity (Wildman–Crippen MR) is 93.4 cm³/mol. The molecule has 0 aromatic heterocycles. The number of thioether (sulfide) groups is 1. The van der Waals surface area contributed by atoms with Crippen molar-refractivity contribution >= 4 is 11.8 Å². The molecule has 1 aliphatic rings. The van der Waals surface area contributed by atoms with Crippen molar-refractivity contribution < 1.29 is 4.74 Å². The Labute approximate surface area is 137 Å². The lowest BCUT2D eigenvalue weighted by molar-refractivity contribution is 0.0727. The molecule has 22 heavy (non-hydrogen) atoms. The van der Waals surface area contributed by atoms with Crippen molar-refractivity contribution in [2.45, 2.75) is 23.2 Å². The topological polar surface area (TPSA) is 12.5 Å². The smallest absolute Gasteiger partial charge is 0.109 e. The molecule has 1 atom stereocenters. The minimum absolute atomic E-state index is 0.0598. The number of ether oxygens (including phenoxy) is 1. The van der Waals surface area contributed by atoms with E-state index in [2.05, 4.69) is 67.5 Å². The van der Waals surface area contributed by atoms with Crippen LogP contribution in [-0.4, -0.2) is 32.1 Å². The molecule has 1 aliphatic heterocycles. The lowest BCUT2D eigenvalue weighted by Gasteiger charge is -2.21. The van der Waals surface area contributed by atoms with E-state index in [0.29, 0.717) is 0 Å². The molecule has 0 saturated carbocycles. The van der Waals surface area contributed by atoms with Crippen LogP contribution < -0.4 is 0 Å². The van der Waals surface area contributed by atoms with Crippen molar-refractivity contribution in [2.75, 3.05) is 27.2 Å². The molecular formula is C19H23NOS. The number of hydrogen-bond acceptors (Lipinski definition) is 3. The van der Waals surface area contributed by atoms with Crippen LogP contribution in [0.5, 0.6) is 0 Å². The molecule has 3 heteroatoms. The zero-order valence-electron chi connectivity index (χ0n) is 13.3. The predicted octanol–water partition coefficient (Wildman–Crippen LogP) is 4.35. The Morgan fingerprint density at radius 1 is 1.05 bits per heavy atom. The van der Waals surface area contributed by atoms with E-state index < -0.39 is 0 Å². The first-order valence-corrected chi connectivity index (χ1v) is 8.80. The van der Waals surface area contributed by atoms with Gasteiger partial charge in [0.05, 0.1) is 0 Å². The summed E-state index contributed by atoms with van der Waals surface area (Å²) < 4.78 is 6.33. The van der Waals surface area contributed by atoms with E-state index in [0.717, 1.165) is 25.3 Å². The summed E-state index contributed by atoms with van der Waals surface area (Å²) in [6.45, 7) is 1.85. The fourth-order valence-electron chi connectivity index (χ4n) is 2.83. The van der Waals surface area contributed by atoms with Crippen molar-refractivity contribution in [3.05, 3.63) is 65.2 Å². The van der Waals surface area contributed by atoms with E-state index in [1.807, 2.05) is 11.8 Å². The monoisotopic (exact) mass is 313 g/mol. The highest BCUT2D eigenvalue weighted by molar-refractivity contribution is 7.98. The van der Waals surface area contributed by atoms with Gasteiger partial charge in [-0.25, -0.2) is 0 Å². The van der Waals surface area contributed by atoms with Gasteiger partial charge < -0.3 is 9.64 Å². The Kier molecular flexibility index (Phi) is 5.19. The van der Waals surface area contributed by atoms with Crippen LogP contribution in [0.3, 0.4) is 0 Å². The molecule has 0 aliphatic carbocycles. The second-order valence-electron chi connectivity index (χ2n) is 5.93. The standard InChI is InChI=1S/C19H23NOS/c1-20(2)12-7-13-21-19-16-9-4-3-8-15(16)14-22-18-11-6-5-10-17(18)19/h3-6,8-11,19H,7,12-14H2,1-2H3. The first kappa shape index (κ1) is 15.6. The highest BCUT2D eigenvalue weighted by Crippen LogP contribution is 2.40. The maximum Gasteiger partial charge on any atom is 0.109 e. The Balaban J connectivity index is 1.85. The molecule has 116 valence electrons. The van der Waals surface area contributed by atoms with Gasteiger partial charge in [0, 0.05) is 17.3 Å². The van der Waals surface area contributed by atoms with Crippen molar-refractivity contribution in [3.8, 4) is 0 Å². The summed E-state index contributed by atoms with van der Waals surface area (Å²) in [4.78, 5) is 3.55. The van der Waals surface area contributed by atoms with Gasteiger partial charge in [-0.2, -0.15) is 0 Å². The summed E-state index contributed by atoms with van der Waals surface area (Å²) in [6.07, 6.45) is 1.12. The molecule has 1 heterocycles. The normalized spacial score (nSPS) is 17.0. The number of hydrogen-bond donors (Lipinski definition) is 0. The quantitative estimate of drug-likeness (QED) is 0.762. The highest BCUT2D eigenvalue weighted by Gasteiger charge is 2.24. The molecule has 0 spiro atoms. The molecule has 0 fully saturated rings. The first-order valence-electron chi connectivity index (χ1n) is 7.81. The number of fused-ring (bicyclic) bond motifs is 2. The van der Waals surface area contributed by atoms with E-state index in [1.54, 1.807) is 0 Å². The SMILES string of the molecule is CN(C)CCCOC1c2ccccc2CSc2ccccc21. The average molecular weight is 313 g/mol. The van der Waals surface area contributed by atoms with Crippen molar-refractivity contribution in [1.29, 1.82) is 0 Å². The third kappa shape index (κ3) is 3.54. The largest absolute Gasteiger partial charge is 0.369 e. The van der Waals surface area contributed by atoms with Crippen molar-refractivity contribution in [1.82, 2.24) is 4.90 Å². The van der Waals surface area contributed by atoms with Gasteiger partial charge in [0.2, 0.25) is 0 Å². The molecule has 0 N–H and O–H groups in total. The van der Waals surface area contributed by atoms with E-state index in [9.17, 15) is 0 Å². The van der Waals surface area contributed by atoms with E-state index in [-0.39, 0.29) is 6.10 Å². The molecule has 3 rings (SSSR count). The Morgan fingerprint density at radius 2 is 1.77 bits per heavy atom. The molecule has 0 bridgehead atoms. The summed E-state index contributed by atoms with van der Waals surface area (Å²) in [7, 11) is 4.21. The van der Waals surface area contributed by atoms with Gasteiger partial charge in [-0.1, -0.05) is 42.5 Å². The molecule has 0 radical (unpaired) electrons. The van der Waals surface area contributed by atoms with E-state index in [1.165, 1.54) is 21.6 Å². The van der Waals surface area contributed by atoms with Crippen LogP contribution in [-0.2, 0) is 10.5 Å². The minimum Gasteiger partial charge on any atom is -0.369 e. The van der Waals surface area contributed by atoms with Crippen LogP contribution in [0.15, 0.2) is 53.4 Å². The van der Waals surface area contributed by atoms with Crippen molar-refractivity contribution in [3.63, 3.8) is 0 Å². The fourth-order valence-corrected chi connectivity index (χ4v) is 3.92. The minimum atomic E-state index is 0.0598. The number of nitrogens with zero attached hydrogens (tertiary/aromatic N) is 1. The van der Waals surface area contributed by atoms with Crippen LogP contribution >= 0.6 is 11.8 Å². The molecular weight excluding hydrogens is 290 g/mol. The maximum absolute atomic E-state index is 6.33. The number of benzene rings is 2. The molecule has 2 aromatic carbocycles. The third-order valence-electron chi connectivity index (χ3n) is 3.96. The first-order chi connectivity index (χ1) is 10.8. The van der Waals surface area contributed by atoms with Gasteiger partial charge in [0.1, 0.15) is 6.10 Å². The Bertz CT molecular complexity index is 579. The van der Waals surface area contributed by atoms with Crippen LogP contribution in [0.2, 0.25) is 0 Å². The summed E-state index contributed by atoms with van der Waals surface area (Å²) >= 11 is 1.91. The highest BCUT2D eigenvalue weighted by atomic mass is 32.2. The maximum atomic E-state index is 6.33. The zero-order chi connectivity index (χ0) is 15.4. The van der Waals surface area contributed by atoms with Crippen molar-refractivity contribution in [2.24, 2.45) is 0 Å². The van der Waals surface area contributed by atoms with Gasteiger partial charge in [0.15, 0.2) is 0 Å². The Morgan fingerprint density at radius 3 is 2.59 bits per heavy atom. The zero-order valence-corrected chi connectivity index (χ0v) is 14.1. The third-order valence-corrected chi connectivity index (χ3v) is 5.09.